The van der Waals surface area contributed by atoms with Crippen LogP contribution in [0.1, 0.15) is 145 Å². The number of carboxylic acid groups (broad SMARTS) is 1. The first-order valence-electron chi connectivity index (χ1n) is 31.6. The largest absolute Gasteiger partial charge is 0.476 e. The number of thiazole rings is 3. The van der Waals surface area contributed by atoms with Crippen molar-refractivity contribution in [1.29, 1.82) is 1.34 Å². The number of aldehydes is 1. The van der Waals surface area contributed by atoms with E-state index in [4.69, 9.17) is 27.1 Å². The van der Waals surface area contributed by atoms with E-state index in [0.717, 1.165) is 136 Å². The number of aromatic nitrogens is 9. The third-order valence-electron chi connectivity index (χ3n) is 16.3. The van der Waals surface area contributed by atoms with Gasteiger partial charge < -0.3 is 66.5 Å². The number of carboxylic acids is 1. The van der Waals surface area contributed by atoms with Crippen molar-refractivity contribution in [2.45, 2.75) is 118 Å². The Kier molecular flexibility index (Phi) is 23.2. The van der Waals surface area contributed by atoms with Gasteiger partial charge in [-0.05, 0) is 150 Å². The lowest BCUT2D eigenvalue weighted by Gasteiger charge is -2.30. The van der Waals surface area contributed by atoms with E-state index in [0.29, 0.717) is 57.1 Å². The third kappa shape index (κ3) is 18.6. The second-order valence-electron chi connectivity index (χ2n) is 25.3. The molecule has 0 spiro atoms. The number of amides is 2. The molecule has 2 amide bonds. The minimum atomic E-state index is -1.18. The molecule has 502 valence electrons. The number of carbonyl (C=O) groups excluding carboxylic acids is 3. The predicted molar refractivity (Wildman–Crippen MR) is 374 cm³/mol. The highest BCUT2D eigenvalue weighted by atomic mass is 32.1. The highest BCUT2D eigenvalue weighted by Crippen LogP contribution is 2.41. The average molecular weight is 1350 g/mol. The van der Waals surface area contributed by atoms with Crippen molar-refractivity contribution < 1.29 is 49.8 Å². The van der Waals surface area contributed by atoms with E-state index in [2.05, 4.69) is 63.6 Å². The maximum atomic E-state index is 12.8. The number of anilines is 6. The number of aromatic carboxylic acids is 1. The van der Waals surface area contributed by atoms with Gasteiger partial charge in [0.25, 0.3) is 11.8 Å². The lowest BCUT2D eigenvalue weighted by Crippen LogP contribution is -2.34. The molecule has 3 aliphatic heterocycles. The summed E-state index contributed by atoms with van der Waals surface area (Å²) in [5.41, 5.74) is 11.1. The fraction of sp³-hybridized carbons (Fsp3) is 0.439. The van der Waals surface area contributed by atoms with Crippen LogP contribution in [0.15, 0.2) is 73.6 Å². The average Bonchev–Trinajstić information content (AvgIpc) is 1.59. The molecule has 0 atom stereocenters. The summed E-state index contributed by atoms with van der Waals surface area (Å²) in [6, 6.07) is 11.2. The van der Waals surface area contributed by atoms with Crippen LogP contribution >= 0.6 is 34.0 Å². The van der Waals surface area contributed by atoms with Crippen LogP contribution in [0.4, 0.5) is 32.5 Å². The van der Waals surface area contributed by atoms with Crippen molar-refractivity contribution >= 4 is 130 Å². The summed E-state index contributed by atoms with van der Waals surface area (Å²) in [6.07, 6.45) is 15.3. The Labute approximate surface area is 566 Å². The molecule has 10 N–H and O–H groups in total. The fourth-order valence-electron chi connectivity index (χ4n) is 11.0. The van der Waals surface area contributed by atoms with Crippen molar-refractivity contribution in [2.24, 2.45) is 17.8 Å². The molecule has 2 radical (unpaired) electrons. The van der Waals surface area contributed by atoms with Gasteiger partial charge in [-0.3, -0.25) is 24.5 Å². The zero-order valence-electron chi connectivity index (χ0n) is 55.7. The number of nitrogen functional groups attached to an aromatic ring is 1. The van der Waals surface area contributed by atoms with Crippen molar-refractivity contribution in [3.63, 3.8) is 0 Å². The molecule has 25 nitrogen and oxygen atoms in total. The van der Waals surface area contributed by atoms with Gasteiger partial charge in [-0.1, -0.05) is 34.0 Å². The maximum absolute atomic E-state index is 12.8. The summed E-state index contributed by atoms with van der Waals surface area (Å²) in [7, 11) is 3.75. The quantitative estimate of drug-likeness (QED) is 0.0280. The van der Waals surface area contributed by atoms with E-state index in [1.165, 1.54) is 36.1 Å². The summed E-state index contributed by atoms with van der Waals surface area (Å²) < 4.78 is 8.13. The van der Waals surface area contributed by atoms with Crippen LogP contribution in [0.2, 0.25) is 0 Å². The number of carbonyl (C=O) groups is 4. The van der Waals surface area contributed by atoms with Crippen LogP contribution in [0, 0.1) is 38.5 Å². The summed E-state index contributed by atoms with van der Waals surface area (Å²) in [5, 5.41) is 67.2. The van der Waals surface area contributed by atoms with Gasteiger partial charge in [-0.2, -0.15) is 0 Å². The Morgan fingerprint density at radius 1 is 0.537 bits per heavy atom. The van der Waals surface area contributed by atoms with Gasteiger partial charge in [0, 0.05) is 119 Å². The molecule has 9 heterocycles. The summed E-state index contributed by atoms with van der Waals surface area (Å²) in [5.74, 6) is -0.907. The number of hydrogen-bond donors (Lipinski definition) is 9. The Hall–Kier alpha value is -8.29. The smallest absolute Gasteiger partial charge is 0.356 e. The molecular weight excluding hydrogens is 1270 g/mol. The predicted octanol–water partition coefficient (Wildman–Crippen LogP) is 8.52. The number of benzene rings is 3. The number of aliphatic hydroxyl groups is 5. The van der Waals surface area contributed by atoms with Gasteiger partial charge >= 0.3 is 5.97 Å². The number of hydrogen-bond acceptors (Lipinski definition) is 25. The van der Waals surface area contributed by atoms with Gasteiger partial charge in [-0.15, -0.1) is 0 Å². The number of nitrogens with one attached hydrogen (secondary N) is 2. The van der Waals surface area contributed by atoms with Gasteiger partial charge in [0.2, 0.25) is 0 Å². The van der Waals surface area contributed by atoms with E-state index >= 15 is 0 Å². The van der Waals surface area contributed by atoms with Crippen LogP contribution in [-0.4, -0.2) is 162 Å². The molecule has 6 aromatic heterocycles. The zero-order valence-corrected chi connectivity index (χ0v) is 57.1. The molecule has 29 heteroatoms. The zero-order chi connectivity index (χ0) is 69.8. The van der Waals surface area contributed by atoms with Gasteiger partial charge in [0.15, 0.2) is 21.1 Å². The standard InChI is InChI=1S/C22H27N5O3S.C22H25N5O3S.C16H23N3O2S.C6H6N2O2.BH/c2*1-13-10-23-11-18(24-13)20(29)25-16-9-19-17(8-15(16)22(2,3)30)26-21(31-19)27-6-4-14(12-28)5-7-27;1-16(2,21)11-7-13-14(8-12(11)17)22-15(18-13)19-5-3-10(9-20)4-6-19;1-4-2-7-3-5(8-4)6(9)10;/h8-11,14,28,30H,4-7,12H2,1-3H3,(H,25,29);8-12,14,30H,4-7H2,1-3H3,(H,25,29);7-8,10,20-21H,3-6,9,17H2,1-2H3;2-3H,1H3,(H,9,10);1H/i;;;;1D. The summed E-state index contributed by atoms with van der Waals surface area (Å²) in [4.78, 5) is 91.6. The number of piperidine rings is 3. The van der Waals surface area contributed by atoms with Gasteiger partial charge in [-0.25, -0.2) is 34.7 Å². The molecule has 3 saturated heterocycles. The fourth-order valence-corrected chi connectivity index (χ4v) is 14.1. The summed E-state index contributed by atoms with van der Waals surface area (Å²) >= 11 is 4.74. The van der Waals surface area contributed by atoms with Crippen LogP contribution < -0.4 is 31.1 Å². The van der Waals surface area contributed by atoms with E-state index in [9.17, 15) is 44.7 Å². The minimum Gasteiger partial charge on any atom is -0.476 e. The first-order valence-corrected chi connectivity index (χ1v) is 33.4. The van der Waals surface area contributed by atoms with Crippen molar-refractivity contribution in [2.75, 3.05) is 83.5 Å². The first kappa shape index (κ1) is 71.0. The van der Waals surface area contributed by atoms with E-state index in [1.807, 2.05) is 36.4 Å². The number of rotatable bonds is 14. The topological polar surface area (TPSA) is 365 Å². The molecular formula is C66H82BN15O10S3. The van der Waals surface area contributed by atoms with E-state index in [1.54, 1.807) is 97.4 Å². The number of aryl methyl sites for hydroxylation is 3. The number of nitrogens with zero attached hydrogens (tertiary/aromatic N) is 12. The number of nitrogens with two attached hydrogens (primary N) is 1. The van der Waals surface area contributed by atoms with Crippen LogP contribution in [0.3, 0.4) is 0 Å². The Morgan fingerprint density at radius 3 is 1.18 bits per heavy atom. The molecule has 0 aliphatic carbocycles. The Bertz CT molecular complexity index is 4170. The van der Waals surface area contributed by atoms with Crippen LogP contribution in [-0.2, 0) is 21.6 Å². The molecule has 12 rings (SSSR count). The highest BCUT2D eigenvalue weighted by Gasteiger charge is 2.30. The SMILES string of the molecule is CC(C)(O)c1cc2nc(N3CCC(CO)CC3)sc2cc1N.Cc1cncc(C(=O)Nc2cc3sc(N4CCC(C=O)CC4)nc3cc2C(C)(C)O)n1.Cc1cncc(C(=O)Nc2cc3sc(N4CCC(CO)CC4)nc3cc2C(C)(C)O)n1.Cc1cncc(C(=O)O)n1.[2H][B]. The highest BCUT2D eigenvalue weighted by molar-refractivity contribution is 7.23. The first-order chi connectivity index (χ1) is 45.6. The lowest BCUT2D eigenvalue weighted by molar-refractivity contribution is -0.111. The van der Waals surface area contributed by atoms with E-state index in [-0.39, 0.29) is 48.0 Å². The van der Waals surface area contributed by atoms with Crippen LogP contribution in [0.5, 0.6) is 0 Å². The second-order valence-corrected chi connectivity index (χ2v) is 28.4. The molecule has 3 aliphatic rings. The minimum absolute atomic E-state index is 0.0139. The molecule has 95 heavy (non-hydrogen) atoms. The van der Waals surface area contributed by atoms with Gasteiger partial charge in [0.1, 0.15) is 17.7 Å². The van der Waals surface area contributed by atoms with Crippen molar-refractivity contribution in [1.82, 2.24) is 44.9 Å². The normalized spacial score (nSPS) is 15.1. The van der Waals surface area contributed by atoms with Gasteiger partial charge in [0.05, 0.1) is 83.1 Å². The summed E-state index contributed by atoms with van der Waals surface area (Å²) in [6.45, 7) is 21.1. The number of fused-ring (bicyclic) bond motifs is 3. The molecule has 3 fully saturated rings. The molecule has 0 unspecified atom stereocenters. The maximum Gasteiger partial charge on any atom is 0.356 e. The van der Waals surface area contributed by atoms with Crippen molar-refractivity contribution in [3.8, 4) is 0 Å². The molecule has 9 aromatic rings. The number of aliphatic hydroxyl groups excluding tert-OH is 2. The monoisotopic (exact) mass is 1350 g/mol. The Balaban J connectivity index is 0.000000171. The molecule has 0 saturated carbocycles. The molecule has 0 bridgehead atoms. The van der Waals surface area contributed by atoms with Crippen LogP contribution in [0.25, 0.3) is 30.6 Å². The van der Waals surface area contributed by atoms with Crippen molar-refractivity contribution in [3.05, 3.63) is 124 Å². The lowest BCUT2D eigenvalue weighted by atomic mass is 9.96. The third-order valence-corrected chi connectivity index (χ3v) is 19.5. The molecule has 3 aromatic carbocycles. The second kappa shape index (κ2) is 31.1. The van der Waals surface area contributed by atoms with E-state index < -0.39 is 22.8 Å². The Morgan fingerprint density at radius 2 is 0.863 bits per heavy atom.